The highest BCUT2D eigenvalue weighted by atomic mass is 16.3. The third-order valence-electron chi connectivity index (χ3n) is 2.72. The molecule has 1 heteroatoms. The summed E-state index contributed by atoms with van der Waals surface area (Å²) < 4.78 is 0. The monoisotopic (exact) mass is 182 g/mol. The quantitative estimate of drug-likeness (QED) is 0.664. The molecule has 0 bridgehead atoms. The van der Waals surface area contributed by atoms with Gasteiger partial charge in [-0.25, -0.2) is 0 Å². The predicted molar refractivity (Wildman–Crippen MR) is 56.6 cm³/mol. The minimum Gasteiger partial charge on any atom is -0.389 e. The second-order valence-corrected chi connectivity index (χ2v) is 4.57. The van der Waals surface area contributed by atoms with Crippen molar-refractivity contribution in [2.24, 2.45) is 5.92 Å². The van der Waals surface area contributed by atoms with E-state index in [1.165, 1.54) is 37.7 Å². The van der Waals surface area contributed by atoms with Gasteiger partial charge in [0.25, 0.3) is 0 Å². The van der Waals surface area contributed by atoms with Gasteiger partial charge in [0.05, 0.1) is 6.10 Å². The zero-order valence-corrected chi connectivity index (χ0v) is 8.92. The lowest BCUT2D eigenvalue weighted by atomic mass is 9.99. The lowest BCUT2D eigenvalue weighted by molar-refractivity contribution is 0.211. The van der Waals surface area contributed by atoms with Gasteiger partial charge in [0, 0.05) is 0 Å². The third-order valence-corrected chi connectivity index (χ3v) is 2.72. The van der Waals surface area contributed by atoms with Crippen LogP contribution >= 0.6 is 0 Å². The van der Waals surface area contributed by atoms with Gasteiger partial charge in [-0.2, -0.15) is 0 Å². The van der Waals surface area contributed by atoms with Gasteiger partial charge < -0.3 is 5.11 Å². The zero-order chi connectivity index (χ0) is 9.68. The van der Waals surface area contributed by atoms with E-state index in [2.05, 4.69) is 19.9 Å². The second-order valence-electron chi connectivity index (χ2n) is 4.57. The van der Waals surface area contributed by atoms with Crippen LogP contribution in [0.4, 0.5) is 0 Å². The van der Waals surface area contributed by atoms with E-state index in [4.69, 9.17) is 0 Å². The molecule has 13 heavy (non-hydrogen) atoms. The van der Waals surface area contributed by atoms with Crippen LogP contribution in [0.1, 0.15) is 52.4 Å². The van der Waals surface area contributed by atoms with E-state index in [-0.39, 0.29) is 6.10 Å². The van der Waals surface area contributed by atoms with E-state index in [0.717, 1.165) is 12.3 Å². The number of allylic oxidation sites excluding steroid dienone is 1. The smallest absolute Gasteiger partial charge is 0.0723 e. The van der Waals surface area contributed by atoms with Crippen molar-refractivity contribution in [3.63, 3.8) is 0 Å². The Morgan fingerprint density at radius 1 is 1.46 bits per heavy atom. The molecule has 0 spiro atoms. The molecule has 0 fully saturated rings. The van der Waals surface area contributed by atoms with Gasteiger partial charge in [0.15, 0.2) is 0 Å². The maximum absolute atomic E-state index is 9.55. The molecule has 1 unspecified atom stereocenters. The standard InChI is InChI=1S/C12H22O/c1-10(2)7-8-11-5-3-4-6-12(13)9-11/h9-10,12-13H,3-8H2,1-2H3. The van der Waals surface area contributed by atoms with E-state index in [0.29, 0.717) is 0 Å². The summed E-state index contributed by atoms with van der Waals surface area (Å²) >= 11 is 0. The molecule has 0 radical (unpaired) electrons. The van der Waals surface area contributed by atoms with E-state index in [1.807, 2.05) is 0 Å². The number of aliphatic hydroxyl groups is 1. The minimum atomic E-state index is -0.162. The molecule has 0 saturated heterocycles. The first kappa shape index (κ1) is 10.8. The lowest BCUT2D eigenvalue weighted by Crippen LogP contribution is -2.00. The maximum Gasteiger partial charge on any atom is 0.0723 e. The highest BCUT2D eigenvalue weighted by Gasteiger charge is 2.09. The SMILES string of the molecule is CC(C)CCC1=CC(O)CCCC1. The van der Waals surface area contributed by atoms with Crippen LogP contribution in [0.25, 0.3) is 0 Å². The molecule has 1 rings (SSSR count). The van der Waals surface area contributed by atoms with E-state index >= 15 is 0 Å². The van der Waals surface area contributed by atoms with Crippen LogP contribution in [0.15, 0.2) is 11.6 Å². The number of aliphatic hydroxyl groups excluding tert-OH is 1. The highest BCUT2D eigenvalue weighted by Crippen LogP contribution is 2.22. The van der Waals surface area contributed by atoms with Gasteiger partial charge in [0.1, 0.15) is 0 Å². The first-order valence-electron chi connectivity index (χ1n) is 5.56. The average molecular weight is 182 g/mol. The Morgan fingerprint density at radius 3 is 2.92 bits per heavy atom. The molecule has 0 aromatic heterocycles. The number of hydrogen-bond acceptors (Lipinski definition) is 1. The van der Waals surface area contributed by atoms with Gasteiger partial charge in [-0.05, 0) is 38.0 Å². The fourth-order valence-corrected chi connectivity index (χ4v) is 1.83. The molecule has 1 aliphatic carbocycles. The van der Waals surface area contributed by atoms with Crippen molar-refractivity contribution >= 4 is 0 Å². The molecule has 1 nitrogen and oxygen atoms in total. The lowest BCUT2D eigenvalue weighted by Gasteiger charge is -2.08. The van der Waals surface area contributed by atoms with E-state index in [9.17, 15) is 5.11 Å². The summed E-state index contributed by atoms with van der Waals surface area (Å²) in [5.74, 6) is 0.779. The molecule has 0 aromatic carbocycles. The van der Waals surface area contributed by atoms with Crippen molar-refractivity contribution in [3.05, 3.63) is 11.6 Å². The maximum atomic E-state index is 9.55. The van der Waals surface area contributed by atoms with Crippen LogP contribution in [0.5, 0.6) is 0 Å². The Bertz CT molecular complexity index is 170. The summed E-state index contributed by atoms with van der Waals surface area (Å²) in [6.07, 6.45) is 9.01. The second kappa shape index (κ2) is 5.43. The topological polar surface area (TPSA) is 20.2 Å². The third kappa shape index (κ3) is 4.47. The molecule has 1 N–H and O–H groups in total. The fraction of sp³-hybridized carbons (Fsp3) is 0.833. The first-order valence-corrected chi connectivity index (χ1v) is 5.56. The molecule has 0 aliphatic heterocycles. The van der Waals surface area contributed by atoms with Gasteiger partial charge >= 0.3 is 0 Å². The molecule has 0 aromatic rings. The van der Waals surface area contributed by atoms with Crippen molar-refractivity contribution < 1.29 is 5.11 Å². The van der Waals surface area contributed by atoms with Crippen LogP contribution in [0, 0.1) is 5.92 Å². The first-order chi connectivity index (χ1) is 6.18. The molecule has 0 saturated carbocycles. The van der Waals surface area contributed by atoms with Crippen LogP contribution in [0.2, 0.25) is 0 Å². The van der Waals surface area contributed by atoms with Crippen LogP contribution in [0.3, 0.4) is 0 Å². The number of hydrogen-bond donors (Lipinski definition) is 1. The summed E-state index contributed by atoms with van der Waals surface area (Å²) in [5.41, 5.74) is 1.48. The molecule has 76 valence electrons. The number of rotatable bonds is 3. The van der Waals surface area contributed by atoms with Gasteiger partial charge in [-0.15, -0.1) is 0 Å². The normalized spacial score (nSPS) is 24.3. The summed E-state index contributed by atoms with van der Waals surface area (Å²) in [7, 11) is 0. The van der Waals surface area contributed by atoms with Crippen molar-refractivity contribution in [2.45, 2.75) is 58.5 Å². The highest BCUT2D eigenvalue weighted by molar-refractivity contribution is 5.06. The minimum absolute atomic E-state index is 0.162. The predicted octanol–water partition coefficient (Wildman–Crippen LogP) is 3.28. The van der Waals surface area contributed by atoms with Crippen molar-refractivity contribution in [2.75, 3.05) is 0 Å². The Balaban J connectivity index is 2.37. The van der Waals surface area contributed by atoms with Crippen molar-refractivity contribution in [1.82, 2.24) is 0 Å². The fourth-order valence-electron chi connectivity index (χ4n) is 1.83. The summed E-state index contributed by atoms with van der Waals surface area (Å²) in [5, 5.41) is 9.55. The van der Waals surface area contributed by atoms with Crippen molar-refractivity contribution in [1.29, 1.82) is 0 Å². The van der Waals surface area contributed by atoms with Gasteiger partial charge in [-0.3, -0.25) is 0 Å². The summed E-state index contributed by atoms with van der Waals surface area (Å²) in [6, 6.07) is 0. The Morgan fingerprint density at radius 2 is 2.23 bits per heavy atom. The molecule has 1 atom stereocenters. The molecular weight excluding hydrogens is 160 g/mol. The van der Waals surface area contributed by atoms with Gasteiger partial charge in [0.2, 0.25) is 0 Å². The van der Waals surface area contributed by atoms with Crippen molar-refractivity contribution in [3.8, 4) is 0 Å². The van der Waals surface area contributed by atoms with Crippen LogP contribution in [-0.4, -0.2) is 11.2 Å². The summed E-state index contributed by atoms with van der Waals surface area (Å²) in [6.45, 7) is 4.52. The average Bonchev–Trinajstić information content (AvgIpc) is 2.26. The zero-order valence-electron chi connectivity index (χ0n) is 8.92. The Kier molecular flexibility index (Phi) is 4.51. The molecular formula is C12H22O. The largest absolute Gasteiger partial charge is 0.389 e. The Labute approximate surface area is 81.9 Å². The molecule has 0 heterocycles. The van der Waals surface area contributed by atoms with Gasteiger partial charge in [-0.1, -0.05) is 31.9 Å². The summed E-state index contributed by atoms with van der Waals surface area (Å²) in [4.78, 5) is 0. The van der Waals surface area contributed by atoms with Crippen LogP contribution < -0.4 is 0 Å². The Hall–Kier alpha value is -0.300. The van der Waals surface area contributed by atoms with Crippen LogP contribution in [-0.2, 0) is 0 Å². The van der Waals surface area contributed by atoms with E-state index < -0.39 is 0 Å². The molecule has 1 aliphatic rings. The van der Waals surface area contributed by atoms with E-state index in [1.54, 1.807) is 0 Å². The molecule has 0 amide bonds.